The van der Waals surface area contributed by atoms with Crippen molar-refractivity contribution < 1.29 is 38.3 Å². The lowest BCUT2D eigenvalue weighted by molar-refractivity contribution is -0.635. The van der Waals surface area contributed by atoms with Gasteiger partial charge in [-0.25, -0.2) is 4.89 Å². The molecule has 8 rings (SSSR count). The quantitative estimate of drug-likeness (QED) is 0.177. The molecule has 4 aliphatic carbocycles. The molecule has 1 aliphatic heterocycles. The van der Waals surface area contributed by atoms with Gasteiger partial charge in [-0.3, -0.25) is 9.59 Å². The minimum atomic E-state index is -1.04. The first kappa shape index (κ1) is 29.8. The van der Waals surface area contributed by atoms with Crippen LogP contribution in [0.25, 0.3) is 0 Å². The third kappa shape index (κ3) is 4.98. The molecule has 6 unspecified atom stereocenters. The zero-order valence-electron chi connectivity index (χ0n) is 25.9. The molecule has 4 saturated carbocycles. The number of amides is 1. The number of benzene rings is 3. The van der Waals surface area contributed by atoms with Gasteiger partial charge in [-0.1, -0.05) is 42.5 Å². The van der Waals surface area contributed by atoms with Gasteiger partial charge in [0.05, 0.1) is 27.1 Å². The van der Waals surface area contributed by atoms with E-state index in [1.807, 2.05) is 48.5 Å². The second-order valence-corrected chi connectivity index (χ2v) is 12.7. The highest BCUT2D eigenvalue weighted by Gasteiger charge is 2.79. The molecule has 0 radical (unpaired) electrons. The van der Waals surface area contributed by atoms with Crippen molar-refractivity contribution in [1.29, 1.82) is 0 Å². The standard InChI is InChI=1S/C36H39NO8/c1-40-31-17-24(26(18-32(31)41-2)21-37-33(38)15-22-8-5-4-6-9-22)19-34(39)43-29-11-7-10-27(20-29)36(42-3)35(44-45-36)28-13-23-12-25(16-28)30(35)14-23/h4-11,17-18,20,23,25,28,30H,12-16,19,21H2,1-3H3,(H,37,38). The van der Waals surface area contributed by atoms with Crippen molar-refractivity contribution in [1.82, 2.24) is 5.32 Å². The van der Waals surface area contributed by atoms with Gasteiger partial charge in [0.2, 0.25) is 5.91 Å². The Balaban J connectivity index is 1.08. The topological polar surface area (TPSA) is 102 Å². The molecule has 3 aromatic carbocycles. The van der Waals surface area contributed by atoms with Crippen molar-refractivity contribution in [2.24, 2.45) is 23.7 Å². The van der Waals surface area contributed by atoms with E-state index < -0.39 is 17.4 Å². The second kappa shape index (κ2) is 11.8. The van der Waals surface area contributed by atoms with Crippen LogP contribution >= 0.6 is 0 Å². The molecule has 1 N–H and O–H groups in total. The van der Waals surface area contributed by atoms with Crippen LogP contribution in [0.2, 0.25) is 0 Å². The van der Waals surface area contributed by atoms with E-state index in [4.69, 9.17) is 28.7 Å². The first-order valence-corrected chi connectivity index (χ1v) is 15.7. The van der Waals surface area contributed by atoms with Gasteiger partial charge in [-0.2, -0.15) is 4.89 Å². The first-order valence-electron chi connectivity index (χ1n) is 15.7. The zero-order valence-corrected chi connectivity index (χ0v) is 25.9. The van der Waals surface area contributed by atoms with Gasteiger partial charge in [-0.15, -0.1) is 0 Å². The minimum Gasteiger partial charge on any atom is -0.493 e. The normalized spacial score (nSPS) is 29.0. The van der Waals surface area contributed by atoms with E-state index in [0.29, 0.717) is 40.6 Å². The highest BCUT2D eigenvalue weighted by atomic mass is 17.3. The number of hydrogen-bond donors (Lipinski definition) is 1. The smallest absolute Gasteiger partial charge is 0.315 e. The highest BCUT2D eigenvalue weighted by molar-refractivity contribution is 5.79. The van der Waals surface area contributed by atoms with Crippen LogP contribution in [0, 0.1) is 23.7 Å². The summed E-state index contributed by atoms with van der Waals surface area (Å²) in [5, 5.41) is 2.96. The highest BCUT2D eigenvalue weighted by Crippen LogP contribution is 2.72. The van der Waals surface area contributed by atoms with E-state index in [0.717, 1.165) is 41.9 Å². The van der Waals surface area contributed by atoms with Gasteiger partial charge < -0.3 is 24.3 Å². The molecule has 3 aromatic rings. The fourth-order valence-electron chi connectivity index (χ4n) is 8.59. The van der Waals surface area contributed by atoms with Crippen LogP contribution in [-0.4, -0.2) is 38.8 Å². The van der Waals surface area contributed by atoms with Crippen molar-refractivity contribution in [2.75, 3.05) is 21.3 Å². The van der Waals surface area contributed by atoms with Crippen LogP contribution in [-0.2, 0) is 49.3 Å². The van der Waals surface area contributed by atoms with Gasteiger partial charge in [-0.05, 0) is 84.4 Å². The predicted molar refractivity (Wildman–Crippen MR) is 163 cm³/mol. The van der Waals surface area contributed by atoms with Crippen molar-refractivity contribution in [3.05, 3.63) is 89.0 Å². The van der Waals surface area contributed by atoms with Crippen LogP contribution in [0.15, 0.2) is 66.7 Å². The fourth-order valence-corrected chi connectivity index (χ4v) is 8.59. The summed E-state index contributed by atoms with van der Waals surface area (Å²) < 4.78 is 23.0. The summed E-state index contributed by atoms with van der Waals surface area (Å²) in [6.45, 7) is 0.212. The molecule has 1 heterocycles. The van der Waals surface area contributed by atoms with Crippen LogP contribution in [0.1, 0.15) is 47.9 Å². The number of rotatable bonds is 11. The summed E-state index contributed by atoms with van der Waals surface area (Å²) in [5.41, 5.74) is 2.58. The van der Waals surface area contributed by atoms with Crippen LogP contribution in [0.5, 0.6) is 17.2 Å². The molecule has 5 fully saturated rings. The Bertz CT molecular complexity index is 1590. The Hall–Kier alpha value is -3.92. The van der Waals surface area contributed by atoms with E-state index >= 15 is 0 Å². The molecule has 236 valence electrons. The molecule has 9 nitrogen and oxygen atoms in total. The summed E-state index contributed by atoms with van der Waals surface area (Å²) in [6.07, 6.45) is 4.90. The van der Waals surface area contributed by atoms with E-state index in [1.165, 1.54) is 6.42 Å². The third-order valence-electron chi connectivity index (χ3n) is 10.4. The van der Waals surface area contributed by atoms with Gasteiger partial charge in [0, 0.05) is 25.1 Å². The SMILES string of the molecule is COc1cc(CNC(=O)Cc2ccccc2)c(CC(=O)Oc2cccc(C3(OC)OOC34C3CC5CC(C3)C4C5)c2)cc1OC. The number of hydrogen-bond acceptors (Lipinski definition) is 8. The third-order valence-corrected chi connectivity index (χ3v) is 10.4. The Morgan fingerprint density at radius 3 is 2.31 bits per heavy atom. The lowest BCUT2D eigenvalue weighted by Crippen LogP contribution is -2.71. The molecule has 6 atom stereocenters. The Morgan fingerprint density at radius 1 is 0.844 bits per heavy atom. The maximum Gasteiger partial charge on any atom is 0.315 e. The first-order chi connectivity index (χ1) is 21.9. The van der Waals surface area contributed by atoms with Crippen LogP contribution in [0.4, 0.5) is 0 Å². The molecule has 1 saturated heterocycles. The Morgan fingerprint density at radius 2 is 1.62 bits per heavy atom. The predicted octanol–water partition coefficient (Wildman–Crippen LogP) is 5.28. The molecule has 45 heavy (non-hydrogen) atoms. The number of carbonyl (C=O) groups is 2. The number of nitrogens with one attached hydrogen (secondary N) is 1. The zero-order chi connectivity index (χ0) is 31.2. The summed E-state index contributed by atoms with van der Waals surface area (Å²) >= 11 is 0. The van der Waals surface area contributed by atoms with E-state index in [1.54, 1.807) is 39.5 Å². The molecular weight excluding hydrogens is 574 g/mol. The largest absolute Gasteiger partial charge is 0.493 e. The molecule has 0 aromatic heterocycles. The summed E-state index contributed by atoms with van der Waals surface area (Å²) in [6, 6.07) is 20.4. The van der Waals surface area contributed by atoms with Gasteiger partial charge in [0.15, 0.2) is 17.1 Å². The number of carbonyl (C=O) groups excluding carboxylic acids is 2. The minimum absolute atomic E-state index is 0.0410. The average molecular weight is 614 g/mol. The lowest BCUT2D eigenvalue weighted by Gasteiger charge is -2.60. The molecule has 5 aliphatic rings. The fraction of sp³-hybridized carbons (Fsp3) is 0.444. The van der Waals surface area contributed by atoms with Crippen LogP contribution < -0.4 is 19.5 Å². The monoisotopic (exact) mass is 613 g/mol. The van der Waals surface area contributed by atoms with Gasteiger partial charge >= 0.3 is 5.97 Å². The van der Waals surface area contributed by atoms with E-state index in [-0.39, 0.29) is 25.3 Å². The summed E-state index contributed by atoms with van der Waals surface area (Å²) in [5.74, 6) is 1.96. The molecule has 1 amide bonds. The molecule has 4 bridgehead atoms. The van der Waals surface area contributed by atoms with E-state index in [2.05, 4.69) is 5.32 Å². The average Bonchev–Trinajstić information content (AvgIpc) is 3.45. The van der Waals surface area contributed by atoms with Crippen LogP contribution in [0.3, 0.4) is 0 Å². The van der Waals surface area contributed by atoms with Crippen molar-refractivity contribution in [2.45, 2.75) is 56.5 Å². The molecular formula is C36H39NO8. The lowest BCUT2D eigenvalue weighted by atomic mass is 9.65. The van der Waals surface area contributed by atoms with Crippen molar-refractivity contribution in [3.63, 3.8) is 0 Å². The second-order valence-electron chi connectivity index (χ2n) is 12.7. The van der Waals surface area contributed by atoms with Gasteiger partial charge in [0.1, 0.15) is 5.75 Å². The van der Waals surface area contributed by atoms with Crippen molar-refractivity contribution >= 4 is 11.9 Å². The Kier molecular flexibility index (Phi) is 7.79. The molecule has 9 heteroatoms. The number of methoxy groups -OCH3 is 3. The Labute approximate surface area is 263 Å². The summed E-state index contributed by atoms with van der Waals surface area (Å²) in [4.78, 5) is 38.0. The number of ether oxygens (including phenoxy) is 4. The van der Waals surface area contributed by atoms with Crippen molar-refractivity contribution in [3.8, 4) is 17.2 Å². The summed E-state index contributed by atoms with van der Waals surface area (Å²) in [7, 11) is 4.75. The maximum absolute atomic E-state index is 13.4. The number of esters is 1. The maximum atomic E-state index is 13.4. The van der Waals surface area contributed by atoms with E-state index in [9.17, 15) is 9.59 Å². The molecule has 1 spiro atoms. The van der Waals surface area contributed by atoms with Gasteiger partial charge in [0.25, 0.3) is 5.79 Å².